The van der Waals surface area contributed by atoms with Gasteiger partial charge < -0.3 is 24.3 Å². The van der Waals surface area contributed by atoms with Crippen LogP contribution in [0.3, 0.4) is 0 Å². The Morgan fingerprint density at radius 2 is 1.71 bits per heavy atom. The topological polar surface area (TPSA) is 96.0 Å². The molecule has 2 aromatic carbocycles. The molecule has 1 aliphatic rings. The highest BCUT2D eigenvalue weighted by Crippen LogP contribution is 2.50. The number of methoxy groups -OCH3 is 4. The minimum atomic E-state index is -0.896. The van der Waals surface area contributed by atoms with Gasteiger partial charge in [-0.3, -0.25) is 4.79 Å². The van der Waals surface area contributed by atoms with Gasteiger partial charge in [0.05, 0.1) is 61.6 Å². The zero-order valence-corrected chi connectivity index (χ0v) is 24.4. The SMILES string of the molecule is COC(=O)C1=C(C)NC(C)(c2ccccc2)C(C(=O)OC)C1c1nc(-c2cc(Br)c(OC)cc2OC)cs1. The van der Waals surface area contributed by atoms with Crippen LogP contribution in [-0.4, -0.2) is 45.4 Å². The number of allylic oxidation sites excluding steroid dienone is 1. The maximum Gasteiger partial charge on any atom is 0.336 e. The van der Waals surface area contributed by atoms with Gasteiger partial charge in [-0.05, 0) is 41.4 Å². The monoisotopic (exact) mass is 600 g/mol. The van der Waals surface area contributed by atoms with E-state index in [-0.39, 0.29) is 0 Å². The zero-order valence-electron chi connectivity index (χ0n) is 22.0. The van der Waals surface area contributed by atoms with Crippen molar-refractivity contribution in [2.45, 2.75) is 25.3 Å². The number of esters is 2. The molecule has 1 aromatic heterocycles. The third-order valence-corrected chi connectivity index (χ3v) is 8.44. The minimum Gasteiger partial charge on any atom is -0.496 e. The van der Waals surface area contributed by atoms with E-state index in [1.165, 1.54) is 25.6 Å². The summed E-state index contributed by atoms with van der Waals surface area (Å²) in [6.45, 7) is 3.75. The summed E-state index contributed by atoms with van der Waals surface area (Å²) >= 11 is 4.89. The summed E-state index contributed by atoms with van der Waals surface area (Å²) in [6, 6.07) is 13.3. The molecule has 0 aliphatic carbocycles. The predicted octanol–water partition coefficient (Wildman–Crippen LogP) is 5.43. The van der Waals surface area contributed by atoms with Crippen LogP contribution in [-0.2, 0) is 24.6 Å². The van der Waals surface area contributed by atoms with E-state index in [1.54, 1.807) is 20.3 Å². The van der Waals surface area contributed by atoms with E-state index in [0.717, 1.165) is 15.6 Å². The van der Waals surface area contributed by atoms with Crippen LogP contribution in [0.15, 0.2) is 63.6 Å². The number of thiazole rings is 1. The van der Waals surface area contributed by atoms with E-state index in [1.807, 2.05) is 55.6 Å². The summed E-state index contributed by atoms with van der Waals surface area (Å²) in [4.78, 5) is 31.6. The molecule has 38 heavy (non-hydrogen) atoms. The molecule has 0 radical (unpaired) electrons. The second-order valence-corrected chi connectivity index (χ2v) is 10.7. The molecule has 0 fully saturated rings. The largest absolute Gasteiger partial charge is 0.496 e. The predicted molar refractivity (Wildman–Crippen MR) is 148 cm³/mol. The Bertz CT molecular complexity index is 1390. The summed E-state index contributed by atoms with van der Waals surface area (Å²) < 4.78 is 22.2. The molecule has 3 atom stereocenters. The standard InChI is InChI=1S/C28H29BrN2O6S/c1-15-22(26(32)36-5)23(24(27(33)37-6)28(2,31-15)16-10-8-7-9-11-16)25-30-19(14-38-25)17-12-18(29)21(35-4)13-20(17)34-3/h7-14,23-24,31H,1-6H3. The number of aromatic nitrogens is 1. The number of hydrogen-bond donors (Lipinski definition) is 1. The van der Waals surface area contributed by atoms with Crippen LogP contribution in [0.2, 0.25) is 0 Å². The molecule has 0 saturated carbocycles. The van der Waals surface area contributed by atoms with Crippen molar-refractivity contribution < 1.29 is 28.5 Å². The van der Waals surface area contributed by atoms with Crippen molar-refractivity contribution in [2.75, 3.05) is 28.4 Å². The van der Waals surface area contributed by atoms with E-state index >= 15 is 0 Å². The van der Waals surface area contributed by atoms with Crippen LogP contribution < -0.4 is 14.8 Å². The van der Waals surface area contributed by atoms with Crippen molar-refractivity contribution in [3.05, 3.63) is 74.2 Å². The molecule has 0 saturated heterocycles. The van der Waals surface area contributed by atoms with E-state index < -0.39 is 29.3 Å². The maximum absolute atomic E-state index is 13.5. The second kappa shape index (κ2) is 11.2. The van der Waals surface area contributed by atoms with Gasteiger partial charge >= 0.3 is 11.9 Å². The lowest BCUT2D eigenvalue weighted by Gasteiger charge is -2.46. The number of hydrogen-bond acceptors (Lipinski definition) is 9. The second-order valence-electron chi connectivity index (χ2n) is 8.96. The van der Waals surface area contributed by atoms with Crippen LogP contribution in [0.25, 0.3) is 11.3 Å². The molecule has 1 N–H and O–H groups in total. The fourth-order valence-electron chi connectivity index (χ4n) is 5.07. The summed E-state index contributed by atoms with van der Waals surface area (Å²) in [7, 11) is 5.83. The van der Waals surface area contributed by atoms with Crippen LogP contribution >= 0.6 is 27.3 Å². The fraction of sp³-hybridized carbons (Fsp3) is 0.321. The molecular formula is C28H29BrN2O6S. The Morgan fingerprint density at radius 3 is 2.32 bits per heavy atom. The van der Waals surface area contributed by atoms with Crippen molar-refractivity contribution >= 4 is 39.2 Å². The van der Waals surface area contributed by atoms with E-state index in [4.69, 9.17) is 23.9 Å². The van der Waals surface area contributed by atoms with Gasteiger partial charge in [0, 0.05) is 22.7 Å². The molecule has 4 rings (SSSR count). The molecular weight excluding hydrogens is 572 g/mol. The highest BCUT2D eigenvalue weighted by Gasteiger charge is 2.54. The molecule has 0 amide bonds. The number of rotatable bonds is 7. The molecule has 200 valence electrons. The fourth-order valence-corrected chi connectivity index (χ4v) is 6.54. The molecule has 1 aliphatic heterocycles. The summed E-state index contributed by atoms with van der Waals surface area (Å²) in [5, 5.41) is 5.89. The molecule has 2 heterocycles. The third kappa shape index (κ3) is 4.78. The number of ether oxygens (including phenoxy) is 4. The Hall–Kier alpha value is -3.37. The van der Waals surface area contributed by atoms with Crippen molar-refractivity contribution in [1.82, 2.24) is 10.3 Å². The third-order valence-electron chi connectivity index (χ3n) is 6.89. The van der Waals surface area contributed by atoms with Gasteiger partial charge in [0.2, 0.25) is 0 Å². The lowest BCUT2D eigenvalue weighted by atomic mass is 9.67. The number of nitrogens with zero attached hydrogens (tertiary/aromatic N) is 1. The number of carbonyl (C=O) groups is 2. The zero-order chi connectivity index (χ0) is 27.6. The normalized spacial score (nSPS) is 20.9. The number of nitrogens with one attached hydrogen (secondary N) is 1. The molecule has 0 bridgehead atoms. The summed E-state index contributed by atoms with van der Waals surface area (Å²) in [6.07, 6.45) is 0. The minimum absolute atomic E-state index is 0.333. The lowest BCUT2D eigenvalue weighted by molar-refractivity contribution is -0.150. The van der Waals surface area contributed by atoms with E-state index in [0.29, 0.717) is 33.5 Å². The van der Waals surface area contributed by atoms with Crippen LogP contribution in [0.4, 0.5) is 0 Å². The van der Waals surface area contributed by atoms with Crippen molar-refractivity contribution in [2.24, 2.45) is 5.92 Å². The van der Waals surface area contributed by atoms with Crippen LogP contribution in [0.1, 0.15) is 30.3 Å². The molecule has 3 unspecified atom stereocenters. The van der Waals surface area contributed by atoms with E-state index in [2.05, 4.69) is 21.2 Å². The first-order chi connectivity index (χ1) is 18.2. The Morgan fingerprint density at radius 1 is 1.03 bits per heavy atom. The van der Waals surface area contributed by atoms with Gasteiger partial charge in [-0.15, -0.1) is 11.3 Å². The summed E-state index contributed by atoms with van der Waals surface area (Å²) in [5.41, 5.74) is 2.29. The highest BCUT2D eigenvalue weighted by atomic mass is 79.9. The molecule has 3 aromatic rings. The van der Waals surface area contributed by atoms with Gasteiger partial charge in [0.1, 0.15) is 16.5 Å². The van der Waals surface area contributed by atoms with E-state index in [9.17, 15) is 9.59 Å². The Balaban J connectivity index is 1.94. The first-order valence-electron chi connectivity index (χ1n) is 11.8. The number of carbonyl (C=O) groups excluding carboxylic acids is 2. The smallest absolute Gasteiger partial charge is 0.336 e. The summed E-state index contributed by atoms with van der Waals surface area (Å²) in [5.74, 6) is -1.36. The molecule has 10 heteroatoms. The average Bonchev–Trinajstić information content (AvgIpc) is 3.42. The maximum atomic E-state index is 13.5. The Kier molecular flexibility index (Phi) is 8.13. The van der Waals surface area contributed by atoms with Crippen LogP contribution in [0.5, 0.6) is 11.5 Å². The van der Waals surface area contributed by atoms with Gasteiger partial charge in [-0.1, -0.05) is 30.3 Å². The van der Waals surface area contributed by atoms with Crippen molar-refractivity contribution in [3.63, 3.8) is 0 Å². The van der Waals surface area contributed by atoms with Crippen LogP contribution in [0, 0.1) is 5.92 Å². The lowest BCUT2D eigenvalue weighted by Crippen LogP contribution is -2.55. The van der Waals surface area contributed by atoms with Gasteiger partial charge in [-0.2, -0.15) is 0 Å². The van der Waals surface area contributed by atoms with Gasteiger partial charge in [0.15, 0.2) is 0 Å². The molecule has 0 spiro atoms. The molecule has 8 nitrogen and oxygen atoms in total. The van der Waals surface area contributed by atoms with Gasteiger partial charge in [0.25, 0.3) is 0 Å². The number of benzene rings is 2. The first-order valence-corrected chi connectivity index (χ1v) is 13.4. The quantitative estimate of drug-likeness (QED) is 0.359. The Labute approximate surface area is 234 Å². The van der Waals surface area contributed by atoms with Crippen molar-refractivity contribution in [1.29, 1.82) is 0 Å². The average molecular weight is 602 g/mol. The van der Waals surface area contributed by atoms with Gasteiger partial charge in [-0.25, -0.2) is 9.78 Å². The van der Waals surface area contributed by atoms with Crippen molar-refractivity contribution in [3.8, 4) is 22.8 Å². The number of halogens is 1. The first kappa shape index (κ1) is 27.7. The highest BCUT2D eigenvalue weighted by molar-refractivity contribution is 9.10.